The molecule has 6 heteroatoms. The molecule has 1 heterocycles. The van der Waals surface area contributed by atoms with Crippen LogP contribution in [0.25, 0.3) is 0 Å². The van der Waals surface area contributed by atoms with E-state index < -0.39 is 5.79 Å². The lowest BCUT2D eigenvalue weighted by molar-refractivity contribution is -0.490. The zero-order valence-electron chi connectivity index (χ0n) is 10.2. The zero-order valence-corrected chi connectivity index (χ0v) is 10.2. The Labute approximate surface area is 101 Å². The first-order valence-electron chi connectivity index (χ1n) is 5.75. The Hall–Kier alpha value is -1.19. The Balaban J connectivity index is 2.51. The van der Waals surface area contributed by atoms with Gasteiger partial charge in [-0.15, -0.1) is 0 Å². The standard InChI is InChI=1S/C11H18N2O4/c1-11(2)16-8-10(17-11)9(7-13(14)15)5-3-4-6-12/h9-10H,3-5,7-8H2,1-2H3/t9-,10+/m0/s1. The molecular weight excluding hydrogens is 224 g/mol. The summed E-state index contributed by atoms with van der Waals surface area (Å²) in [4.78, 5) is 10.3. The van der Waals surface area contributed by atoms with Crippen LogP contribution in [0.4, 0.5) is 0 Å². The fourth-order valence-electron chi connectivity index (χ4n) is 1.98. The van der Waals surface area contributed by atoms with Crippen LogP contribution < -0.4 is 0 Å². The Morgan fingerprint density at radius 1 is 1.65 bits per heavy atom. The molecule has 0 aromatic carbocycles. The minimum atomic E-state index is -0.658. The summed E-state index contributed by atoms with van der Waals surface area (Å²) in [6.07, 6.45) is 1.47. The second-order valence-corrected chi connectivity index (χ2v) is 4.69. The molecule has 0 N–H and O–H groups in total. The van der Waals surface area contributed by atoms with Crippen LogP contribution in [0.3, 0.4) is 0 Å². The highest BCUT2D eigenvalue weighted by molar-refractivity contribution is 4.79. The molecule has 1 aliphatic heterocycles. The van der Waals surface area contributed by atoms with Crippen molar-refractivity contribution in [1.82, 2.24) is 0 Å². The minimum Gasteiger partial charge on any atom is -0.348 e. The summed E-state index contributed by atoms with van der Waals surface area (Å²) in [6, 6.07) is 2.04. The molecule has 0 aliphatic carbocycles. The third kappa shape index (κ3) is 4.67. The summed E-state index contributed by atoms with van der Waals surface area (Å²) in [5, 5.41) is 19.1. The van der Waals surface area contributed by atoms with Crippen molar-refractivity contribution in [2.24, 2.45) is 5.92 Å². The molecule has 96 valence electrons. The number of nitro groups is 1. The maximum Gasteiger partial charge on any atom is 0.209 e. The highest BCUT2D eigenvalue weighted by atomic mass is 16.7. The predicted molar refractivity (Wildman–Crippen MR) is 59.7 cm³/mol. The summed E-state index contributed by atoms with van der Waals surface area (Å²) in [5.41, 5.74) is 0. The Bertz CT molecular complexity index is 311. The third-order valence-electron chi connectivity index (χ3n) is 2.80. The monoisotopic (exact) mass is 242 g/mol. The van der Waals surface area contributed by atoms with Crippen LogP contribution in [0, 0.1) is 27.4 Å². The maximum absolute atomic E-state index is 10.6. The van der Waals surface area contributed by atoms with Gasteiger partial charge >= 0.3 is 0 Å². The molecular formula is C11H18N2O4. The first kappa shape index (κ1) is 13.9. The minimum absolute atomic E-state index is 0.129. The number of ether oxygens (including phenoxy) is 2. The molecule has 0 spiro atoms. The van der Waals surface area contributed by atoms with Gasteiger partial charge in [0.1, 0.15) is 0 Å². The van der Waals surface area contributed by atoms with Crippen LogP contribution in [-0.4, -0.2) is 30.0 Å². The number of hydrogen-bond donors (Lipinski definition) is 0. The molecule has 17 heavy (non-hydrogen) atoms. The normalized spacial score (nSPS) is 24.2. The molecule has 0 bridgehead atoms. The average molecular weight is 242 g/mol. The third-order valence-corrected chi connectivity index (χ3v) is 2.80. The largest absolute Gasteiger partial charge is 0.348 e. The van der Waals surface area contributed by atoms with Gasteiger partial charge in [-0.3, -0.25) is 10.1 Å². The van der Waals surface area contributed by atoms with E-state index >= 15 is 0 Å². The molecule has 0 unspecified atom stereocenters. The summed E-state index contributed by atoms with van der Waals surface area (Å²) < 4.78 is 11.0. The van der Waals surface area contributed by atoms with E-state index in [0.29, 0.717) is 25.9 Å². The topological polar surface area (TPSA) is 85.4 Å². The second kappa shape index (κ2) is 5.94. The molecule has 2 atom stereocenters. The fourth-order valence-corrected chi connectivity index (χ4v) is 1.98. The summed E-state index contributed by atoms with van der Waals surface area (Å²) >= 11 is 0. The van der Waals surface area contributed by atoms with Crippen molar-refractivity contribution in [3.63, 3.8) is 0 Å². The van der Waals surface area contributed by atoms with Crippen molar-refractivity contribution >= 4 is 0 Å². The van der Waals surface area contributed by atoms with Gasteiger partial charge in [0.05, 0.1) is 24.7 Å². The Morgan fingerprint density at radius 3 is 2.82 bits per heavy atom. The Kier molecular flexibility index (Phi) is 4.85. The Morgan fingerprint density at radius 2 is 2.35 bits per heavy atom. The smallest absolute Gasteiger partial charge is 0.209 e. The molecule has 1 saturated heterocycles. The van der Waals surface area contributed by atoms with E-state index in [4.69, 9.17) is 14.7 Å². The highest BCUT2D eigenvalue weighted by Crippen LogP contribution is 2.29. The average Bonchev–Trinajstić information content (AvgIpc) is 2.57. The molecule has 6 nitrogen and oxygen atoms in total. The van der Waals surface area contributed by atoms with E-state index in [1.807, 2.05) is 6.07 Å². The maximum atomic E-state index is 10.6. The summed E-state index contributed by atoms with van der Waals surface area (Å²) in [6.45, 7) is 3.85. The lowest BCUT2D eigenvalue weighted by atomic mass is 9.96. The van der Waals surface area contributed by atoms with E-state index in [1.165, 1.54) is 0 Å². The SMILES string of the molecule is CC1(C)OC[C@H]([C@@H](CCCC#N)C[N+](=O)[O-])O1. The van der Waals surface area contributed by atoms with Gasteiger partial charge in [0.25, 0.3) is 0 Å². The predicted octanol–water partition coefficient (Wildman–Crippen LogP) is 1.72. The molecule has 0 saturated carbocycles. The second-order valence-electron chi connectivity index (χ2n) is 4.69. The first-order chi connectivity index (χ1) is 7.94. The molecule has 0 radical (unpaired) electrons. The fraction of sp³-hybridized carbons (Fsp3) is 0.909. The number of nitriles is 1. The highest BCUT2D eigenvalue weighted by Gasteiger charge is 2.38. The first-order valence-corrected chi connectivity index (χ1v) is 5.75. The van der Waals surface area contributed by atoms with E-state index in [0.717, 1.165) is 0 Å². The number of unbranched alkanes of at least 4 members (excludes halogenated alkanes) is 1. The number of rotatable bonds is 6. The van der Waals surface area contributed by atoms with Crippen LogP contribution in [0.1, 0.15) is 33.1 Å². The molecule has 0 aromatic heterocycles. The lowest BCUT2D eigenvalue weighted by Crippen LogP contribution is -2.31. The summed E-state index contributed by atoms with van der Waals surface area (Å²) in [7, 11) is 0. The van der Waals surface area contributed by atoms with Gasteiger partial charge in [0, 0.05) is 11.3 Å². The molecule has 1 aliphatic rings. The van der Waals surface area contributed by atoms with E-state index in [2.05, 4.69) is 0 Å². The van der Waals surface area contributed by atoms with Crippen LogP contribution >= 0.6 is 0 Å². The van der Waals surface area contributed by atoms with Gasteiger partial charge in [0.15, 0.2) is 5.79 Å². The van der Waals surface area contributed by atoms with Gasteiger partial charge in [-0.2, -0.15) is 5.26 Å². The van der Waals surface area contributed by atoms with E-state index in [9.17, 15) is 10.1 Å². The van der Waals surface area contributed by atoms with Gasteiger partial charge in [0.2, 0.25) is 6.54 Å². The summed E-state index contributed by atoms with van der Waals surface area (Å²) in [5.74, 6) is -0.838. The van der Waals surface area contributed by atoms with Crippen LogP contribution in [0.15, 0.2) is 0 Å². The van der Waals surface area contributed by atoms with Crippen molar-refractivity contribution in [2.45, 2.75) is 45.0 Å². The molecule has 0 aromatic rings. The van der Waals surface area contributed by atoms with Gasteiger partial charge in [-0.1, -0.05) is 0 Å². The van der Waals surface area contributed by atoms with Crippen molar-refractivity contribution in [1.29, 1.82) is 5.26 Å². The molecule has 0 amide bonds. The molecule has 1 fully saturated rings. The van der Waals surface area contributed by atoms with Crippen LogP contribution in [0.5, 0.6) is 0 Å². The van der Waals surface area contributed by atoms with Crippen LogP contribution in [0.2, 0.25) is 0 Å². The van der Waals surface area contributed by atoms with E-state index in [-0.39, 0.29) is 23.5 Å². The van der Waals surface area contributed by atoms with Crippen LogP contribution in [-0.2, 0) is 9.47 Å². The number of hydrogen-bond acceptors (Lipinski definition) is 5. The molecule has 1 rings (SSSR count). The number of nitrogens with zero attached hydrogens (tertiary/aromatic N) is 2. The van der Waals surface area contributed by atoms with Gasteiger partial charge < -0.3 is 9.47 Å². The van der Waals surface area contributed by atoms with Crippen molar-refractivity contribution in [3.8, 4) is 6.07 Å². The quantitative estimate of drug-likeness (QED) is 0.402. The van der Waals surface area contributed by atoms with Crippen molar-refractivity contribution in [2.75, 3.05) is 13.2 Å². The van der Waals surface area contributed by atoms with Crippen molar-refractivity contribution < 1.29 is 14.4 Å². The van der Waals surface area contributed by atoms with Gasteiger partial charge in [-0.05, 0) is 26.7 Å². The van der Waals surface area contributed by atoms with Crippen molar-refractivity contribution in [3.05, 3.63) is 10.1 Å². The van der Waals surface area contributed by atoms with E-state index in [1.54, 1.807) is 13.8 Å². The zero-order chi connectivity index (χ0) is 12.9. The van der Waals surface area contributed by atoms with Gasteiger partial charge in [-0.25, -0.2) is 0 Å². The lowest BCUT2D eigenvalue weighted by Gasteiger charge is -2.21.